The minimum atomic E-state index is -1.02. The fourth-order valence-electron chi connectivity index (χ4n) is 1.95. The summed E-state index contributed by atoms with van der Waals surface area (Å²) in [5.41, 5.74) is 0.807. The molecule has 2 rings (SSSR count). The molecule has 1 N–H and O–H groups in total. The SMILES string of the molecule is CN1C(=O)CC(=O)C1c1ccc(C(=O)O)cc1. The highest BCUT2D eigenvalue weighted by atomic mass is 16.4. The molecular formula is C12H11NO4. The number of nitrogens with zero attached hydrogens (tertiary/aromatic N) is 1. The lowest BCUT2D eigenvalue weighted by Gasteiger charge is -2.18. The number of aromatic carboxylic acids is 1. The van der Waals surface area contributed by atoms with E-state index in [2.05, 4.69) is 0 Å². The van der Waals surface area contributed by atoms with Crippen LogP contribution in [0.25, 0.3) is 0 Å². The number of ketones is 1. The Hall–Kier alpha value is -2.17. The molecular weight excluding hydrogens is 222 g/mol. The molecule has 1 aliphatic heterocycles. The Balaban J connectivity index is 2.32. The van der Waals surface area contributed by atoms with Crippen LogP contribution in [0.5, 0.6) is 0 Å². The third-order valence-corrected chi connectivity index (χ3v) is 2.88. The normalized spacial score (nSPS) is 19.8. The topological polar surface area (TPSA) is 74.7 Å². The van der Waals surface area contributed by atoms with Gasteiger partial charge >= 0.3 is 5.97 Å². The van der Waals surface area contributed by atoms with E-state index in [9.17, 15) is 14.4 Å². The van der Waals surface area contributed by atoms with E-state index in [0.29, 0.717) is 5.56 Å². The molecule has 1 saturated heterocycles. The lowest BCUT2D eigenvalue weighted by molar-refractivity contribution is -0.127. The van der Waals surface area contributed by atoms with Crippen LogP contribution >= 0.6 is 0 Å². The molecule has 1 fully saturated rings. The second kappa shape index (κ2) is 4.01. The highest BCUT2D eigenvalue weighted by molar-refractivity contribution is 6.07. The fraction of sp³-hybridized carbons (Fsp3) is 0.250. The third-order valence-electron chi connectivity index (χ3n) is 2.88. The van der Waals surface area contributed by atoms with Crippen molar-refractivity contribution in [3.8, 4) is 0 Å². The average Bonchev–Trinajstić information content (AvgIpc) is 2.53. The molecule has 5 heteroatoms. The molecule has 0 aliphatic carbocycles. The zero-order chi connectivity index (χ0) is 12.6. The fourth-order valence-corrected chi connectivity index (χ4v) is 1.95. The molecule has 0 saturated carbocycles. The number of benzene rings is 1. The summed E-state index contributed by atoms with van der Waals surface area (Å²) in [6, 6.07) is 5.43. The number of amides is 1. The van der Waals surface area contributed by atoms with Crippen molar-refractivity contribution >= 4 is 17.7 Å². The Morgan fingerprint density at radius 1 is 1.29 bits per heavy atom. The van der Waals surface area contributed by atoms with Gasteiger partial charge in [-0.05, 0) is 17.7 Å². The number of carbonyl (C=O) groups excluding carboxylic acids is 2. The quantitative estimate of drug-likeness (QED) is 0.768. The molecule has 1 aliphatic rings. The summed E-state index contributed by atoms with van der Waals surface area (Å²) in [5.74, 6) is -1.37. The van der Waals surface area contributed by atoms with Gasteiger partial charge in [0, 0.05) is 7.05 Å². The first kappa shape index (κ1) is 11.3. The zero-order valence-corrected chi connectivity index (χ0v) is 9.21. The molecule has 88 valence electrons. The maximum absolute atomic E-state index is 11.6. The van der Waals surface area contributed by atoms with Gasteiger partial charge in [-0.2, -0.15) is 0 Å². The summed E-state index contributed by atoms with van der Waals surface area (Å²) >= 11 is 0. The smallest absolute Gasteiger partial charge is 0.335 e. The molecule has 5 nitrogen and oxygen atoms in total. The number of hydrogen-bond acceptors (Lipinski definition) is 3. The number of rotatable bonds is 2. The standard InChI is InChI=1S/C12H11NO4/c1-13-10(15)6-9(14)11(13)7-2-4-8(5-3-7)12(16)17/h2-5,11H,6H2,1H3,(H,16,17). The molecule has 1 unspecified atom stereocenters. The Morgan fingerprint density at radius 2 is 1.88 bits per heavy atom. The lowest BCUT2D eigenvalue weighted by Crippen LogP contribution is -2.24. The van der Waals surface area contributed by atoms with Crippen molar-refractivity contribution in [1.29, 1.82) is 0 Å². The first-order chi connectivity index (χ1) is 8.00. The van der Waals surface area contributed by atoms with E-state index in [1.807, 2.05) is 0 Å². The van der Waals surface area contributed by atoms with Gasteiger partial charge in [-0.1, -0.05) is 12.1 Å². The first-order valence-corrected chi connectivity index (χ1v) is 5.12. The predicted molar refractivity (Wildman–Crippen MR) is 58.5 cm³/mol. The van der Waals surface area contributed by atoms with E-state index in [1.54, 1.807) is 19.2 Å². The monoisotopic (exact) mass is 233 g/mol. The summed E-state index contributed by atoms with van der Waals surface area (Å²) < 4.78 is 0. The van der Waals surface area contributed by atoms with Crippen LogP contribution in [-0.2, 0) is 9.59 Å². The molecule has 1 aromatic carbocycles. The second-order valence-corrected chi connectivity index (χ2v) is 3.98. The highest BCUT2D eigenvalue weighted by Crippen LogP contribution is 2.28. The highest BCUT2D eigenvalue weighted by Gasteiger charge is 2.36. The minimum absolute atomic E-state index is 0.0815. The Kier molecular flexibility index (Phi) is 2.67. The van der Waals surface area contributed by atoms with Crippen molar-refractivity contribution in [3.05, 3.63) is 35.4 Å². The molecule has 1 amide bonds. The van der Waals surface area contributed by atoms with Crippen LogP contribution in [-0.4, -0.2) is 34.7 Å². The van der Waals surface area contributed by atoms with Crippen molar-refractivity contribution in [3.63, 3.8) is 0 Å². The Morgan fingerprint density at radius 3 is 2.29 bits per heavy atom. The number of carboxylic acids is 1. The number of Topliss-reactive ketones (excluding diaryl/α,β-unsaturated/α-hetero) is 1. The van der Waals surface area contributed by atoms with Gasteiger partial charge in [-0.15, -0.1) is 0 Å². The number of likely N-dealkylation sites (tertiary alicyclic amines) is 1. The van der Waals surface area contributed by atoms with Gasteiger partial charge in [0.15, 0.2) is 5.78 Å². The van der Waals surface area contributed by atoms with Gasteiger partial charge in [0.1, 0.15) is 6.04 Å². The maximum atomic E-state index is 11.6. The molecule has 0 bridgehead atoms. The predicted octanol–water partition coefficient (Wildman–Crippen LogP) is 0.857. The largest absolute Gasteiger partial charge is 0.478 e. The number of hydrogen-bond donors (Lipinski definition) is 1. The van der Waals surface area contributed by atoms with Gasteiger partial charge < -0.3 is 10.0 Å². The Labute approximate surface area is 97.7 Å². The summed E-state index contributed by atoms with van der Waals surface area (Å²) in [7, 11) is 1.57. The molecule has 1 aromatic rings. The van der Waals surface area contributed by atoms with Crippen LogP contribution in [0.1, 0.15) is 28.4 Å². The van der Waals surface area contributed by atoms with Crippen LogP contribution in [0.4, 0.5) is 0 Å². The first-order valence-electron chi connectivity index (χ1n) is 5.12. The zero-order valence-electron chi connectivity index (χ0n) is 9.21. The van der Waals surface area contributed by atoms with Crippen LogP contribution < -0.4 is 0 Å². The van der Waals surface area contributed by atoms with E-state index < -0.39 is 12.0 Å². The molecule has 0 radical (unpaired) electrons. The van der Waals surface area contributed by atoms with Crippen LogP contribution in [0.15, 0.2) is 24.3 Å². The van der Waals surface area contributed by atoms with E-state index in [4.69, 9.17) is 5.11 Å². The molecule has 1 atom stereocenters. The van der Waals surface area contributed by atoms with Gasteiger partial charge in [0.05, 0.1) is 12.0 Å². The lowest BCUT2D eigenvalue weighted by atomic mass is 10.0. The van der Waals surface area contributed by atoms with E-state index in [0.717, 1.165) is 0 Å². The number of carboxylic acid groups (broad SMARTS) is 1. The number of likely N-dealkylation sites (N-methyl/N-ethyl adjacent to an activating group) is 1. The van der Waals surface area contributed by atoms with Crippen molar-refractivity contribution in [2.75, 3.05) is 7.05 Å². The van der Waals surface area contributed by atoms with E-state index in [1.165, 1.54) is 17.0 Å². The van der Waals surface area contributed by atoms with Crippen molar-refractivity contribution in [2.45, 2.75) is 12.5 Å². The maximum Gasteiger partial charge on any atom is 0.335 e. The van der Waals surface area contributed by atoms with Crippen molar-refractivity contribution in [2.24, 2.45) is 0 Å². The summed E-state index contributed by atoms with van der Waals surface area (Å²) in [6.07, 6.45) is -0.0815. The summed E-state index contributed by atoms with van der Waals surface area (Å²) in [4.78, 5) is 35.1. The number of carbonyl (C=O) groups is 3. The average molecular weight is 233 g/mol. The van der Waals surface area contributed by atoms with Crippen LogP contribution in [0.2, 0.25) is 0 Å². The second-order valence-electron chi connectivity index (χ2n) is 3.98. The Bertz CT molecular complexity index is 492. The molecule has 0 aromatic heterocycles. The van der Waals surface area contributed by atoms with Gasteiger partial charge in [0.25, 0.3) is 0 Å². The van der Waals surface area contributed by atoms with Crippen molar-refractivity contribution < 1.29 is 19.5 Å². The van der Waals surface area contributed by atoms with Gasteiger partial charge in [0.2, 0.25) is 5.91 Å². The summed E-state index contributed by atoms with van der Waals surface area (Å²) in [5, 5.41) is 8.76. The molecule has 17 heavy (non-hydrogen) atoms. The molecule has 1 heterocycles. The van der Waals surface area contributed by atoms with Crippen molar-refractivity contribution in [1.82, 2.24) is 4.90 Å². The van der Waals surface area contributed by atoms with E-state index in [-0.39, 0.29) is 23.7 Å². The van der Waals surface area contributed by atoms with Crippen LogP contribution in [0, 0.1) is 0 Å². The molecule has 0 spiro atoms. The van der Waals surface area contributed by atoms with Gasteiger partial charge in [-0.25, -0.2) is 4.79 Å². The summed E-state index contributed by atoms with van der Waals surface area (Å²) in [6.45, 7) is 0. The van der Waals surface area contributed by atoms with Gasteiger partial charge in [-0.3, -0.25) is 9.59 Å². The van der Waals surface area contributed by atoms with Crippen LogP contribution in [0.3, 0.4) is 0 Å². The van der Waals surface area contributed by atoms with E-state index >= 15 is 0 Å². The minimum Gasteiger partial charge on any atom is -0.478 e. The third kappa shape index (κ3) is 1.91.